The third-order valence-electron chi connectivity index (χ3n) is 3.56. The van der Waals surface area contributed by atoms with Gasteiger partial charge in [-0.2, -0.15) is 0 Å². The largest absolute Gasteiger partial charge is 0.504 e. The molecule has 0 aliphatic rings. The molecule has 4 aromatic rings. The van der Waals surface area contributed by atoms with E-state index in [2.05, 4.69) is 0 Å². The van der Waals surface area contributed by atoms with Gasteiger partial charge in [-0.15, -0.1) is 0 Å². The fourth-order valence-electron chi connectivity index (χ4n) is 2.43. The molecular weight excluding hydrogens is 284 g/mol. The van der Waals surface area contributed by atoms with E-state index in [0.29, 0.717) is 27.9 Å². The zero-order valence-corrected chi connectivity index (χ0v) is 11.2. The number of aromatic hydroxyl groups is 2. The van der Waals surface area contributed by atoms with Gasteiger partial charge in [0.2, 0.25) is 0 Å². The standard InChI is InChI=1S/C17H10O5/c18-12-2-1-9(6-14(12)20)16-7-13(19)11-5-10-3-4-21-15(10)8-17(11)22-16/h1-8,18,20H. The molecule has 0 aliphatic heterocycles. The maximum Gasteiger partial charge on any atom is 0.193 e. The molecule has 0 saturated heterocycles. The normalized spacial score (nSPS) is 11.3. The number of phenolic OH excluding ortho intramolecular Hbond substituents is 2. The number of fused-ring (bicyclic) bond motifs is 2. The summed E-state index contributed by atoms with van der Waals surface area (Å²) in [6.45, 7) is 0. The lowest BCUT2D eigenvalue weighted by Gasteiger charge is -2.05. The molecule has 2 aromatic carbocycles. The molecular formula is C17H10O5. The van der Waals surface area contributed by atoms with Crippen molar-refractivity contribution in [2.24, 2.45) is 0 Å². The number of rotatable bonds is 1. The predicted molar refractivity (Wildman–Crippen MR) is 81.0 cm³/mol. The van der Waals surface area contributed by atoms with E-state index in [1.165, 1.54) is 18.2 Å². The van der Waals surface area contributed by atoms with Crippen LogP contribution in [0.3, 0.4) is 0 Å². The van der Waals surface area contributed by atoms with Crippen molar-refractivity contribution in [2.75, 3.05) is 0 Å². The van der Waals surface area contributed by atoms with Crippen LogP contribution in [0.15, 0.2) is 62.4 Å². The lowest BCUT2D eigenvalue weighted by atomic mass is 10.1. The second-order valence-electron chi connectivity index (χ2n) is 4.99. The molecule has 0 aliphatic carbocycles. The van der Waals surface area contributed by atoms with Crippen molar-refractivity contribution in [2.45, 2.75) is 0 Å². The molecule has 5 nitrogen and oxygen atoms in total. The Morgan fingerprint density at radius 2 is 1.73 bits per heavy atom. The molecule has 0 radical (unpaired) electrons. The molecule has 2 N–H and O–H groups in total. The topological polar surface area (TPSA) is 83.8 Å². The summed E-state index contributed by atoms with van der Waals surface area (Å²) in [5, 5.41) is 20.2. The van der Waals surface area contributed by atoms with Gasteiger partial charge in [0, 0.05) is 23.1 Å². The minimum Gasteiger partial charge on any atom is -0.504 e. The molecule has 108 valence electrons. The van der Waals surface area contributed by atoms with E-state index in [1.807, 2.05) is 0 Å². The van der Waals surface area contributed by atoms with Crippen molar-refractivity contribution >= 4 is 21.9 Å². The van der Waals surface area contributed by atoms with Crippen LogP contribution in [-0.2, 0) is 0 Å². The molecule has 22 heavy (non-hydrogen) atoms. The van der Waals surface area contributed by atoms with Gasteiger partial charge in [-0.05, 0) is 30.3 Å². The van der Waals surface area contributed by atoms with Crippen LogP contribution < -0.4 is 5.43 Å². The zero-order valence-electron chi connectivity index (χ0n) is 11.2. The first-order chi connectivity index (χ1) is 10.6. The third kappa shape index (κ3) is 1.83. The van der Waals surface area contributed by atoms with Crippen LogP contribution in [0.4, 0.5) is 0 Å². The Labute approximate surface area is 123 Å². The highest BCUT2D eigenvalue weighted by atomic mass is 16.3. The fourth-order valence-corrected chi connectivity index (χ4v) is 2.43. The summed E-state index contributed by atoms with van der Waals surface area (Å²) in [6, 6.07) is 10.8. The molecule has 0 unspecified atom stereocenters. The smallest absolute Gasteiger partial charge is 0.193 e. The van der Waals surface area contributed by atoms with E-state index in [-0.39, 0.29) is 16.9 Å². The van der Waals surface area contributed by atoms with Crippen LogP contribution in [-0.4, -0.2) is 10.2 Å². The Morgan fingerprint density at radius 1 is 0.864 bits per heavy atom. The van der Waals surface area contributed by atoms with Crippen molar-refractivity contribution in [3.63, 3.8) is 0 Å². The number of benzene rings is 2. The summed E-state index contributed by atoms with van der Waals surface area (Å²) < 4.78 is 11.1. The molecule has 0 saturated carbocycles. The van der Waals surface area contributed by atoms with Crippen molar-refractivity contribution in [3.8, 4) is 22.8 Å². The van der Waals surface area contributed by atoms with E-state index in [1.54, 1.807) is 30.5 Å². The first kappa shape index (κ1) is 12.5. The summed E-state index contributed by atoms with van der Waals surface area (Å²) in [7, 11) is 0. The van der Waals surface area contributed by atoms with Crippen LogP contribution in [0.5, 0.6) is 11.5 Å². The highest BCUT2D eigenvalue weighted by Gasteiger charge is 2.11. The van der Waals surface area contributed by atoms with Crippen molar-refractivity contribution < 1.29 is 19.0 Å². The third-order valence-corrected chi connectivity index (χ3v) is 3.56. The summed E-state index contributed by atoms with van der Waals surface area (Å²) >= 11 is 0. The minimum absolute atomic E-state index is 0.188. The predicted octanol–water partition coefficient (Wildman–Crippen LogP) is 3.62. The van der Waals surface area contributed by atoms with Gasteiger partial charge in [0.05, 0.1) is 11.6 Å². The van der Waals surface area contributed by atoms with E-state index >= 15 is 0 Å². The minimum atomic E-state index is -0.276. The fraction of sp³-hybridized carbons (Fsp3) is 0. The van der Waals surface area contributed by atoms with Gasteiger partial charge in [-0.25, -0.2) is 0 Å². The Balaban J connectivity index is 2.00. The van der Waals surface area contributed by atoms with Gasteiger partial charge in [0.15, 0.2) is 16.9 Å². The van der Waals surface area contributed by atoms with Crippen LogP contribution >= 0.6 is 0 Å². The van der Waals surface area contributed by atoms with Crippen LogP contribution in [0.25, 0.3) is 33.3 Å². The number of hydrogen-bond donors (Lipinski definition) is 2. The monoisotopic (exact) mass is 294 g/mol. The van der Waals surface area contributed by atoms with Crippen molar-refractivity contribution in [1.82, 2.24) is 0 Å². The van der Waals surface area contributed by atoms with Gasteiger partial charge in [-0.3, -0.25) is 4.79 Å². The second-order valence-corrected chi connectivity index (χ2v) is 4.99. The van der Waals surface area contributed by atoms with E-state index < -0.39 is 0 Å². The van der Waals surface area contributed by atoms with Crippen LogP contribution in [0.1, 0.15) is 0 Å². The van der Waals surface area contributed by atoms with Crippen molar-refractivity contribution in [1.29, 1.82) is 0 Å². The Kier molecular flexibility index (Phi) is 2.50. The molecule has 0 bridgehead atoms. The average molecular weight is 294 g/mol. The van der Waals surface area contributed by atoms with E-state index in [0.717, 1.165) is 5.39 Å². The second kappa shape index (κ2) is 4.39. The Bertz CT molecular complexity index is 1070. The van der Waals surface area contributed by atoms with Crippen molar-refractivity contribution in [3.05, 3.63) is 59.0 Å². The maximum absolute atomic E-state index is 12.3. The first-order valence-electron chi connectivity index (χ1n) is 6.59. The Morgan fingerprint density at radius 3 is 2.55 bits per heavy atom. The summed E-state index contributed by atoms with van der Waals surface area (Å²) in [5.41, 5.74) is 1.33. The number of phenols is 2. The van der Waals surface area contributed by atoms with E-state index in [4.69, 9.17) is 8.83 Å². The molecule has 2 heterocycles. The maximum atomic E-state index is 12.3. The van der Waals surface area contributed by atoms with Gasteiger partial charge >= 0.3 is 0 Å². The quantitative estimate of drug-likeness (QED) is 0.524. The first-order valence-corrected chi connectivity index (χ1v) is 6.59. The van der Waals surface area contributed by atoms with Gasteiger partial charge < -0.3 is 19.0 Å². The average Bonchev–Trinajstić information content (AvgIpc) is 2.95. The van der Waals surface area contributed by atoms with Gasteiger partial charge in [0.1, 0.15) is 16.9 Å². The summed E-state index contributed by atoms with van der Waals surface area (Å²) in [6.07, 6.45) is 1.55. The SMILES string of the molecule is O=c1cc(-c2ccc(O)c(O)c2)oc2cc3occc3cc12. The summed E-state index contributed by atoms with van der Waals surface area (Å²) in [5.74, 6) is -0.204. The Hall–Kier alpha value is -3.21. The highest BCUT2D eigenvalue weighted by molar-refractivity contribution is 5.93. The lowest BCUT2D eigenvalue weighted by molar-refractivity contribution is 0.404. The molecule has 0 spiro atoms. The number of furan rings is 1. The van der Waals surface area contributed by atoms with E-state index in [9.17, 15) is 15.0 Å². The molecule has 0 amide bonds. The van der Waals surface area contributed by atoms with Gasteiger partial charge in [0.25, 0.3) is 0 Å². The molecule has 2 aromatic heterocycles. The van der Waals surface area contributed by atoms with Crippen LogP contribution in [0.2, 0.25) is 0 Å². The van der Waals surface area contributed by atoms with Crippen LogP contribution in [0, 0.1) is 0 Å². The molecule has 0 atom stereocenters. The lowest BCUT2D eigenvalue weighted by Crippen LogP contribution is -2.00. The zero-order chi connectivity index (χ0) is 15.3. The van der Waals surface area contributed by atoms with Gasteiger partial charge in [-0.1, -0.05) is 0 Å². The molecule has 4 rings (SSSR count). The molecule has 5 heteroatoms. The number of hydrogen-bond acceptors (Lipinski definition) is 5. The molecule has 0 fully saturated rings. The summed E-state index contributed by atoms with van der Waals surface area (Å²) in [4.78, 5) is 12.3. The highest BCUT2D eigenvalue weighted by Crippen LogP contribution is 2.31.